The first-order valence-electron chi connectivity index (χ1n) is 10.5. The number of rotatable bonds is 5. The Balaban J connectivity index is 1.32. The van der Waals surface area contributed by atoms with Crippen LogP contribution in [0.1, 0.15) is 30.4 Å². The summed E-state index contributed by atoms with van der Waals surface area (Å²) in [5, 5.41) is 0. The Morgan fingerprint density at radius 2 is 1.45 bits per heavy atom. The summed E-state index contributed by atoms with van der Waals surface area (Å²) in [6, 6.07) is 20.1. The summed E-state index contributed by atoms with van der Waals surface area (Å²) in [6.45, 7) is 2.30. The van der Waals surface area contributed by atoms with Crippen LogP contribution in [0.4, 0.5) is 0 Å². The van der Waals surface area contributed by atoms with Crippen molar-refractivity contribution in [3.05, 3.63) is 71.8 Å². The molecule has 2 aromatic carbocycles. The summed E-state index contributed by atoms with van der Waals surface area (Å²) in [6.07, 6.45) is 3.55. The van der Waals surface area contributed by atoms with E-state index < -0.39 is 0 Å². The number of benzene rings is 2. The van der Waals surface area contributed by atoms with Crippen LogP contribution in [0.5, 0.6) is 0 Å². The minimum atomic E-state index is -0.114. The van der Waals surface area contributed by atoms with Gasteiger partial charge in [-0.25, -0.2) is 0 Å². The van der Waals surface area contributed by atoms with Crippen LogP contribution in [-0.2, 0) is 22.4 Å². The molecule has 152 valence electrons. The van der Waals surface area contributed by atoms with Gasteiger partial charge < -0.3 is 9.80 Å². The van der Waals surface area contributed by atoms with E-state index in [1.54, 1.807) is 0 Å². The highest BCUT2D eigenvalue weighted by atomic mass is 32.2. The Morgan fingerprint density at radius 3 is 2.10 bits per heavy atom. The molecule has 4 rings (SSSR count). The number of hydrogen-bond acceptors (Lipinski definition) is 3. The van der Waals surface area contributed by atoms with E-state index >= 15 is 0 Å². The van der Waals surface area contributed by atoms with Crippen LogP contribution < -0.4 is 0 Å². The predicted octanol–water partition coefficient (Wildman–Crippen LogP) is 3.76. The Bertz CT molecular complexity index is 832. The number of hydrogen-bond donors (Lipinski definition) is 0. The molecule has 5 heteroatoms. The zero-order valence-electron chi connectivity index (χ0n) is 16.8. The molecule has 0 aromatic heterocycles. The molecule has 0 bridgehead atoms. The second-order valence-corrected chi connectivity index (χ2v) is 9.33. The van der Waals surface area contributed by atoms with Crippen molar-refractivity contribution in [1.82, 2.24) is 9.80 Å². The van der Waals surface area contributed by atoms with Gasteiger partial charge in [0.1, 0.15) is 0 Å². The number of carbonyl (C=O) groups excluding carboxylic acids is 2. The molecule has 4 nitrogen and oxygen atoms in total. The fourth-order valence-electron chi connectivity index (χ4n) is 4.39. The first-order valence-corrected chi connectivity index (χ1v) is 11.4. The average molecular weight is 409 g/mol. The molecule has 2 heterocycles. The number of aryl methyl sites for hydroxylation is 1. The lowest BCUT2D eigenvalue weighted by molar-refractivity contribution is -0.137. The number of piperidine rings is 1. The molecule has 2 amide bonds. The monoisotopic (exact) mass is 408 g/mol. The standard InChI is InChI=1S/C24H28N2O2S/c27-22(12-11-20-7-3-1-4-8-20)26-17-18-29-24(26)13-15-25(16-14-24)23(28)19-21-9-5-2-6-10-21/h1-10H,11-19H2. The van der Waals surface area contributed by atoms with Crippen LogP contribution in [0.15, 0.2) is 60.7 Å². The summed E-state index contributed by atoms with van der Waals surface area (Å²) in [7, 11) is 0. The van der Waals surface area contributed by atoms with Crippen LogP contribution in [0.25, 0.3) is 0 Å². The quantitative estimate of drug-likeness (QED) is 0.756. The van der Waals surface area contributed by atoms with Gasteiger partial charge in [-0.05, 0) is 30.4 Å². The Hall–Kier alpha value is -2.27. The number of carbonyl (C=O) groups is 2. The van der Waals surface area contributed by atoms with E-state index in [-0.39, 0.29) is 16.7 Å². The number of nitrogens with zero attached hydrogens (tertiary/aromatic N) is 2. The average Bonchev–Trinajstić information content (AvgIpc) is 3.17. The molecular formula is C24H28N2O2S. The van der Waals surface area contributed by atoms with Crippen molar-refractivity contribution >= 4 is 23.6 Å². The maximum Gasteiger partial charge on any atom is 0.226 e. The van der Waals surface area contributed by atoms with Crippen molar-refractivity contribution in [3.8, 4) is 0 Å². The highest BCUT2D eigenvalue weighted by Crippen LogP contribution is 2.44. The summed E-state index contributed by atoms with van der Waals surface area (Å²) in [5.41, 5.74) is 2.27. The van der Waals surface area contributed by atoms with Gasteiger partial charge in [-0.2, -0.15) is 0 Å². The van der Waals surface area contributed by atoms with Crippen molar-refractivity contribution in [2.75, 3.05) is 25.4 Å². The molecule has 0 N–H and O–H groups in total. The Kier molecular flexibility index (Phi) is 6.24. The van der Waals surface area contributed by atoms with E-state index in [9.17, 15) is 9.59 Å². The Labute approximate surface area is 177 Å². The predicted molar refractivity (Wildman–Crippen MR) is 118 cm³/mol. The lowest BCUT2D eigenvalue weighted by Crippen LogP contribution is -2.53. The fraction of sp³-hybridized carbons (Fsp3) is 0.417. The highest BCUT2D eigenvalue weighted by Gasteiger charge is 2.46. The summed E-state index contributed by atoms with van der Waals surface area (Å²) in [4.78, 5) is 29.6. The van der Waals surface area contributed by atoms with Gasteiger partial charge in [0.15, 0.2) is 0 Å². The first-order chi connectivity index (χ1) is 14.2. The summed E-state index contributed by atoms with van der Waals surface area (Å²) < 4.78 is 0. The molecule has 0 radical (unpaired) electrons. The van der Waals surface area contributed by atoms with Gasteiger partial charge in [-0.15, -0.1) is 11.8 Å². The molecule has 0 atom stereocenters. The minimum Gasteiger partial charge on any atom is -0.342 e. The van der Waals surface area contributed by atoms with Gasteiger partial charge >= 0.3 is 0 Å². The molecule has 2 aliphatic rings. The molecular weight excluding hydrogens is 380 g/mol. The van der Waals surface area contributed by atoms with E-state index in [0.29, 0.717) is 12.8 Å². The maximum absolute atomic E-state index is 13.0. The highest BCUT2D eigenvalue weighted by molar-refractivity contribution is 8.00. The fourth-order valence-corrected chi connectivity index (χ4v) is 5.87. The van der Waals surface area contributed by atoms with E-state index in [1.807, 2.05) is 65.2 Å². The second-order valence-electron chi connectivity index (χ2n) is 7.87. The molecule has 2 saturated heterocycles. The zero-order valence-corrected chi connectivity index (χ0v) is 17.6. The number of thioether (sulfide) groups is 1. The smallest absolute Gasteiger partial charge is 0.226 e. The van der Waals surface area contributed by atoms with Crippen LogP contribution in [0.2, 0.25) is 0 Å². The van der Waals surface area contributed by atoms with Crippen LogP contribution in [0, 0.1) is 0 Å². The van der Waals surface area contributed by atoms with Crippen LogP contribution in [-0.4, -0.2) is 51.9 Å². The van der Waals surface area contributed by atoms with E-state index in [2.05, 4.69) is 17.0 Å². The molecule has 29 heavy (non-hydrogen) atoms. The second kappa shape index (κ2) is 9.04. The zero-order chi connectivity index (χ0) is 20.1. The number of amides is 2. The third kappa shape index (κ3) is 4.67. The lowest BCUT2D eigenvalue weighted by atomic mass is 10.00. The van der Waals surface area contributed by atoms with Gasteiger partial charge in [0, 0.05) is 31.8 Å². The molecule has 2 aliphatic heterocycles. The van der Waals surface area contributed by atoms with Crippen LogP contribution >= 0.6 is 11.8 Å². The largest absolute Gasteiger partial charge is 0.342 e. The topological polar surface area (TPSA) is 40.6 Å². The molecule has 0 unspecified atom stereocenters. The van der Waals surface area contributed by atoms with E-state index in [4.69, 9.17) is 0 Å². The summed E-state index contributed by atoms with van der Waals surface area (Å²) >= 11 is 1.91. The maximum atomic E-state index is 13.0. The van der Waals surface area contributed by atoms with Crippen molar-refractivity contribution in [2.45, 2.75) is 37.0 Å². The van der Waals surface area contributed by atoms with E-state index in [1.165, 1.54) is 5.56 Å². The van der Waals surface area contributed by atoms with Crippen LogP contribution in [0.3, 0.4) is 0 Å². The molecule has 2 fully saturated rings. The SMILES string of the molecule is O=C(Cc1ccccc1)N1CCC2(CC1)SCCN2C(=O)CCc1ccccc1. The van der Waals surface area contributed by atoms with Gasteiger partial charge in [-0.1, -0.05) is 60.7 Å². The van der Waals surface area contributed by atoms with Crippen molar-refractivity contribution in [3.63, 3.8) is 0 Å². The first kappa shape index (κ1) is 20.0. The lowest BCUT2D eigenvalue weighted by Gasteiger charge is -2.44. The van der Waals surface area contributed by atoms with Gasteiger partial charge in [0.05, 0.1) is 11.3 Å². The third-order valence-corrected chi connectivity index (χ3v) is 7.60. The number of likely N-dealkylation sites (tertiary alicyclic amines) is 1. The Morgan fingerprint density at radius 1 is 0.828 bits per heavy atom. The van der Waals surface area contributed by atoms with Crippen molar-refractivity contribution in [1.29, 1.82) is 0 Å². The van der Waals surface area contributed by atoms with E-state index in [0.717, 1.165) is 50.2 Å². The minimum absolute atomic E-state index is 0.114. The normalized spacial score (nSPS) is 18.2. The third-order valence-electron chi connectivity index (χ3n) is 6.04. The van der Waals surface area contributed by atoms with Crippen molar-refractivity contribution in [2.24, 2.45) is 0 Å². The van der Waals surface area contributed by atoms with Crippen molar-refractivity contribution < 1.29 is 9.59 Å². The molecule has 1 spiro atoms. The summed E-state index contributed by atoms with van der Waals surface area (Å²) in [5.74, 6) is 1.44. The van der Waals surface area contributed by atoms with Gasteiger partial charge in [0.2, 0.25) is 11.8 Å². The van der Waals surface area contributed by atoms with Gasteiger partial charge in [-0.3, -0.25) is 9.59 Å². The molecule has 0 saturated carbocycles. The van der Waals surface area contributed by atoms with Gasteiger partial charge in [0.25, 0.3) is 0 Å². The molecule has 0 aliphatic carbocycles. The molecule has 2 aromatic rings.